The first kappa shape index (κ1) is 16.0. The predicted octanol–water partition coefficient (Wildman–Crippen LogP) is 3.58. The van der Waals surface area contributed by atoms with Crippen LogP contribution < -0.4 is 11.0 Å². The van der Waals surface area contributed by atoms with E-state index in [-0.39, 0.29) is 11.8 Å². The molecule has 0 aliphatic heterocycles. The van der Waals surface area contributed by atoms with Crippen LogP contribution in [0, 0.1) is 19.7 Å². The zero-order valence-electron chi connectivity index (χ0n) is 14.2. The van der Waals surface area contributed by atoms with Gasteiger partial charge in [-0.15, -0.1) is 0 Å². The molecule has 4 aromatic rings. The monoisotopic (exact) mass is 349 g/mol. The first-order chi connectivity index (χ1) is 12.5. The Morgan fingerprint density at radius 1 is 1.08 bits per heavy atom. The van der Waals surface area contributed by atoms with Gasteiger partial charge in [-0.3, -0.25) is 0 Å². The molecule has 0 radical (unpaired) electrons. The van der Waals surface area contributed by atoms with E-state index in [0.717, 1.165) is 16.7 Å². The van der Waals surface area contributed by atoms with Gasteiger partial charge in [-0.25, -0.2) is 23.7 Å². The van der Waals surface area contributed by atoms with Crippen LogP contribution in [0.15, 0.2) is 53.3 Å². The number of fused-ring (bicyclic) bond motifs is 1. The van der Waals surface area contributed by atoms with Crippen LogP contribution >= 0.6 is 0 Å². The van der Waals surface area contributed by atoms with Crippen molar-refractivity contribution in [1.82, 2.24) is 19.6 Å². The lowest BCUT2D eigenvalue weighted by Crippen LogP contribution is -2.15. The van der Waals surface area contributed by atoms with Gasteiger partial charge in [0.05, 0.1) is 5.69 Å². The molecule has 0 amide bonds. The molecule has 26 heavy (non-hydrogen) atoms. The fraction of sp³-hybridized carbons (Fsp3) is 0.105. The summed E-state index contributed by atoms with van der Waals surface area (Å²) in [7, 11) is 0. The van der Waals surface area contributed by atoms with E-state index in [1.165, 1.54) is 16.5 Å². The molecule has 0 atom stereocenters. The van der Waals surface area contributed by atoms with Gasteiger partial charge < -0.3 is 5.32 Å². The van der Waals surface area contributed by atoms with E-state index < -0.39 is 5.69 Å². The number of H-pyrrole nitrogens is 1. The molecule has 2 heterocycles. The Labute approximate surface area is 148 Å². The number of nitrogens with zero attached hydrogens (tertiary/aromatic N) is 3. The predicted molar refractivity (Wildman–Crippen MR) is 98.2 cm³/mol. The van der Waals surface area contributed by atoms with E-state index in [9.17, 15) is 9.18 Å². The van der Waals surface area contributed by atoms with Crippen molar-refractivity contribution < 1.29 is 4.39 Å². The quantitative estimate of drug-likeness (QED) is 0.593. The molecule has 4 rings (SSSR count). The molecule has 2 aromatic heterocycles. The van der Waals surface area contributed by atoms with Gasteiger partial charge in [0.1, 0.15) is 5.82 Å². The number of hydrogen-bond acceptors (Lipinski definition) is 4. The summed E-state index contributed by atoms with van der Waals surface area (Å²) in [4.78, 5) is 16.7. The van der Waals surface area contributed by atoms with Crippen molar-refractivity contribution in [1.29, 1.82) is 0 Å². The minimum absolute atomic E-state index is 0.269. The standard InChI is InChI=1S/C19H16FN5O/c1-11-3-6-13(7-4-11)16-10-17-23-24-19(26)25(17)18(22-16)21-15-9-14(20)8-5-12(15)2/h3-10H,1-2H3,(H,21,22)(H,24,26). The Kier molecular flexibility index (Phi) is 3.76. The molecule has 7 heteroatoms. The molecule has 0 aliphatic rings. The third kappa shape index (κ3) is 2.83. The molecule has 0 saturated carbocycles. The summed E-state index contributed by atoms with van der Waals surface area (Å²) in [5, 5.41) is 9.51. The van der Waals surface area contributed by atoms with E-state index >= 15 is 0 Å². The molecular formula is C19H16FN5O. The van der Waals surface area contributed by atoms with Crippen LogP contribution in [-0.2, 0) is 0 Å². The first-order valence-electron chi connectivity index (χ1n) is 8.10. The topological polar surface area (TPSA) is 75.1 Å². The number of rotatable bonds is 3. The third-order valence-corrected chi connectivity index (χ3v) is 4.20. The van der Waals surface area contributed by atoms with Crippen molar-refractivity contribution in [2.24, 2.45) is 0 Å². The summed E-state index contributed by atoms with van der Waals surface area (Å²) in [6, 6.07) is 14.0. The van der Waals surface area contributed by atoms with Crippen LogP contribution in [0.4, 0.5) is 16.0 Å². The summed E-state index contributed by atoms with van der Waals surface area (Å²) in [6.07, 6.45) is 0. The molecule has 0 aliphatic carbocycles. The normalized spacial score (nSPS) is 11.0. The highest BCUT2D eigenvalue weighted by molar-refractivity contribution is 5.68. The van der Waals surface area contributed by atoms with Crippen LogP contribution in [0.1, 0.15) is 11.1 Å². The largest absolute Gasteiger partial charge is 0.350 e. The number of nitrogens with one attached hydrogen (secondary N) is 2. The summed E-state index contributed by atoms with van der Waals surface area (Å²) in [5.41, 5.74) is 4.07. The van der Waals surface area contributed by atoms with E-state index in [2.05, 4.69) is 20.5 Å². The minimum Gasteiger partial charge on any atom is -0.325 e. The Morgan fingerprint density at radius 2 is 1.85 bits per heavy atom. The zero-order chi connectivity index (χ0) is 18.3. The lowest BCUT2D eigenvalue weighted by molar-refractivity contribution is 0.628. The average Bonchev–Trinajstić information content (AvgIpc) is 3.00. The highest BCUT2D eigenvalue weighted by Crippen LogP contribution is 2.24. The molecule has 2 N–H and O–H groups in total. The second kappa shape index (κ2) is 6.11. The maximum Gasteiger partial charge on any atom is 0.350 e. The second-order valence-electron chi connectivity index (χ2n) is 6.14. The Morgan fingerprint density at radius 3 is 2.62 bits per heavy atom. The van der Waals surface area contributed by atoms with E-state index in [1.807, 2.05) is 38.1 Å². The average molecular weight is 349 g/mol. The molecule has 0 unspecified atom stereocenters. The number of aromatic amines is 1. The van der Waals surface area contributed by atoms with Gasteiger partial charge in [0, 0.05) is 17.3 Å². The Bertz CT molecular complexity index is 1160. The SMILES string of the molecule is Cc1ccc(-c2cc3n[nH]c(=O)n3c(Nc3cc(F)ccc3C)n2)cc1. The summed E-state index contributed by atoms with van der Waals surface area (Å²) < 4.78 is 14.9. The lowest BCUT2D eigenvalue weighted by atomic mass is 10.1. The van der Waals surface area contributed by atoms with Gasteiger partial charge in [-0.05, 0) is 31.5 Å². The fourth-order valence-corrected chi connectivity index (χ4v) is 2.73. The third-order valence-electron chi connectivity index (χ3n) is 4.20. The molecule has 0 spiro atoms. The van der Waals surface area contributed by atoms with Gasteiger partial charge in [0.15, 0.2) is 5.65 Å². The number of hydrogen-bond donors (Lipinski definition) is 2. The number of benzene rings is 2. The van der Waals surface area contributed by atoms with Crippen molar-refractivity contribution in [2.75, 3.05) is 5.32 Å². The number of aryl methyl sites for hydroxylation is 2. The van der Waals surface area contributed by atoms with E-state index in [1.54, 1.807) is 12.1 Å². The summed E-state index contributed by atoms with van der Waals surface area (Å²) in [6.45, 7) is 3.86. The lowest BCUT2D eigenvalue weighted by Gasteiger charge is -2.12. The smallest absolute Gasteiger partial charge is 0.325 e. The van der Waals surface area contributed by atoms with Crippen molar-refractivity contribution in [2.45, 2.75) is 13.8 Å². The maximum absolute atomic E-state index is 13.6. The molecule has 0 fully saturated rings. The van der Waals surface area contributed by atoms with Crippen LogP contribution in [-0.4, -0.2) is 19.6 Å². The number of aromatic nitrogens is 4. The van der Waals surface area contributed by atoms with Crippen LogP contribution in [0.3, 0.4) is 0 Å². The van der Waals surface area contributed by atoms with Crippen molar-refractivity contribution in [3.63, 3.8) is 0 Å². The second-order valence-corrected chi connectivity index (χ2v) is 6.14. The number of halogens is 1. The fourth-order valence-electron chi connectivity index (χ4n) is 2.73. The molecule has 6 nitrogen and oxygen atoms in total. The number of anilines is 2. The molecular weight excluding hydrogens is 333 g/mol. The van der Waals surface area contributed by atoms with Crippen LogP contribution in [0.5, 0.6) is 0 Å². The highest BCUT2D eigenvalue weighted by atomic mass is 19.1. The van der Waals surface area contributed by atoms with E-state index in [0.29, 0.717) is 17.0 Å². The highest BCUT2D eigenvalue weighted by Gasteiger charge is 2.13. The van der Waals surface area contributed by atoms with Crippen LogP contribution in [0.25, 0.3) is 16.9 Å². The Hall–Kier alpha value is -3.48. The Balaban J connectivity index is 1.89. The molecule has 0 bridgehead atoms. The van der Waals surface area contributed by atoms with E-state index in [4.69, 9.17) is 0 Å². The zero-order valence-corrected chi connectivity index (χ0v) is 14.2. The van der Waals surface area contributed by atoms with Gasteiger partial charge in [-0.2, -0.15) is 5.10 Å². The van der Waals surface area contributed by atoms with Gasteiger partial charge in [-0.1, -0.05) is 35.9 Å². The van der Waals surface area contributed by atoms with Crippen molar-refractivity contribution in [3.8, 4) is 11.3 Å². The first-order valence-corrected chi connectivity index (χ1v) is 8.10. The van der Waals surface area contributed by atoms with Gasteiger partial charge in [0.25, 0.3) is 0 Å². The molecule has 2 aromatic carbocycles. The van der Waals surface area contributed by atoms with Crippen molar-refractivity contribution >= 4 is 17.3 Å². The molecule has 0 saturated heterocycles. The maximum atomic E-state index is 13.6. The summed E-state index contributed by atoms with van der Waals surface area (Å²) >= 11 is 0. The van der Waals surface area contributed by atoms with Gasteiger partial charge in [0.2, 0.25) is 5.95 Å². The minimum atomic E-state index is -0.417. The van der Waals surface area contributed by atoms with Gasteiger partial charge >= 0.3 is 5.69 Å². The van der Waals surface area contributed by atoms with Crippen LogP contribution in [0.2, 0.25) is 0 Å². The molecule has 130 valence electrons. The van der Waals surface area contributed by atoms with Crippen molar-refractivity contribution in [3.05, 3.63) is 76.0 Å². The summed E-state index contributed by atoms with van der Waals surface area (Å²) in [5.74, 6) is -0.103.